The van der Waals surface area contributed by atoms with Gasteiger partial charge in [-0.2, -0.15) is 0 Å². The van der Waals surface area contributed by atoms with Gasteiger partial charge in [0, 0.05) is 36.3 Å². The number of pyridine rings is 1. The molecule has 3 nitrogen and oxygen atoms in total. The third kappa shape index (κ3) is 2.00. The molecule has 0 saturated carbocycles. The van der Waals surface area contributed by atoms with Gasteiger partial charge in [-0.05, 0) is 18.9 Å². The highest BCUT2D eigenvalue weighted by Crippen LogP contribution is 2.35. The molecule has 1 saturated heterocycles. The average Bonchev–Trinajstić information content (AvgIpc) is 2.46. The van der Waals surface area contributed by atoms with Gasteiger partial charge in [0.25, 0.3) is 0 Å². The van der Waals surface area contributed by atoms with E-state index in [9.17, 15) is 5.11 Å². The van der Waals surface area contributed by atoms with E-state index in [0.717, 1.165) is 35.9 Å². The quantitative estimate of drug-likeness (QED) is 0.881. The summed E-state index contributed by atoms with van der Waals surface area (Å²) >= 11 is 0. The molecule has 1 aromatic carbocycles. The fourth-order valence-electron chi connectivity index (χ4n) is 2.73. The molecule has 2 heterocycles. The Morgan fingerprint density at radius 1 is 1.28 bits per heavy atom. The lowest BCUT2D eigenvalue weighted by atomic mass is 9.89. The topological polar surface area (TPSA) is 42.4 Å². The van der Waals surface area contributed by atoms with Crippen LogP contribution in [0.3, 0.4) is 0 Å². The van der Waals surface area contributed by atoms with Gasteiger partial charge >= 0.3 is 0 Å². The highest BCUT2D eigenvalue weighted by Gasteiger charge is 2.28. The molecule has 2 aromatic rings. The highest BCUT2D eigenvalue weighted by molar-refractivity contribution is 5.81. The van der Waals surface area contributed by atoms with E-state index in [4.69, 9.17) is 4.74 Å². The van der Waals surface area contributed by atoms with Crippen molar-refractivity contribution in [1.29, 1.82) is 0 Å². The number of nitrogens with zero attached hydrogens (tertiary/aromatic N) is 1. The molecular weight excluding hydrogens is 226 g/mol. The first kappa shape index (κ1) is 11.6. The lowest BCUT2D eigenvalue weighted by Gasteiger charge is -2.31. The van der Waals surface area contributed by atoms with Crippen molar-refractivity contribution >= 4 is 10.9 Å². The molecule has 1 aliphatic heterocycles. The summed E-state index contributed by atoms with van der Waals surface area (Å²) in [5.41, 5.74) is 2.09. The van der Waals surface area contributed by atoms with Gasteiger partial charge < -0.3 is 9.84 Å². The van der Waals surface area contributed by atoms with Crippen LogP contribution in [0.5, 0.6) is 0 Å². The smallest absolute Gasteiger partial charge is 0.0895 e. The number of hydrogen-bond acceptors (Lipinski definition) is 3. The fourth-order valence-corrected chi connectivity index (χ4v) is 2.73. The van der Waals surface area contributed by atoms with E-state index in [1.165, 1.54) is 0 Å². The second-order valence-electron chi connectivity index (χ2n) is 4.80. The van der Waals surface area contributed by atoms with Gasteiger partial charge in [-0.15, -0.1) is 0 Å². The number of aliphatic hydroxyl groups excluding tert-OH is 1. The molecule has 0 spiro atoms. The summed E-state index contributed by atoms with van der Waals surface area (Å²) in [5, 5.41) is 10.6. The monoisotopic (exact) mass is 243 g/mol. The summed E-state index contributed by atoms with van der Waals surface area (Å²) in [7, 11) is 0. The molecule has 1 N–H and O–H groups in total. The third-order valence-electron chi connectivity index (χ3n) is 3.65. The zero-order chi connectivity index (χ0) is 12.4. The summed E-state index contributed by atoms with van der Waals surface area (Å²) in [5.74, 6) is 0.186. The van der Waals surface area contributed by atoms with E-state index in [0.29, 0.717) is 0 Å². The molecule has 1 aromatic heterocycles. The van der Waals surface area contributed by atoms with Crippen molar-refractivity contribution in [3.05, 3.63) is 42.1 Å². The predicted molar refractivity (Wildman–Crippen MR) is 70.2 cm³/mol. The van der Waals surface area contributed by atoms with E-state index in [-0.39, 0.29) is 18.6 Å². The normalized spacial score (nSPS) is 24.3. The van der Waals surface area contributed by atoms with Crippen LogP contribution in [0.2, 0.25) is 0 Å². The Morgan fingerprint density at radius 2 is 2.17 bits per heavy atom. The molecule has 1 fully saturated rings. The van der Waals surface area contributed by atoms with Crippen LogP contribution >= 0.6 is 0 Å². The van der Waals surface area contributed by atoms with Crippen LogP contribution in [0.4, 0.5) is 0 Å². The highest BCUT2D eigenvalue weighted by atomic mass is 16.5. The number of rotatable bonds is 2. The van der Waals surface area contributed by atoms with Crippen LogP contribution < -0.4 is 0 Å². The van der Waals surface area contributed by atoms with Gasteiger partial charge in [0.2, 0.25) is 0 Å². The molecule has 3 rings (SSSR count). The minimum absolute atomic E-state index is 0.0256. The van der Waals surface area contributed by atoms with Crippen LogP contribution in [-0.2, 0) is 4.74 Å². The first-order valence-electron chi connectivity index (χ1n) is 6.46. The van der Waals surface area contributed by atoms with Crippen LogP contribution in [-0.4, -0.2) is 23.3 Å². The van der Waals surface area contributed by atoms with Gasteiger partial charge in [-0.3, -0.25) is 4.98 Å². The zero-order valence-electron chi connectivity index (χ0n) is 10.2. The molecule has 3 heteroatoms. The Balaban J connectivity index is 2.07. The minimum Gasteiger partial charge on any atom is -0.396 e. The van der Waals surface area contributed by atoms with E-state index < -0.39 is 0 Å². The average molecular weight is 243 g/mol. The number of fused-ring (bicyclic) bond motifs is 1. The van der Waals surface area contributed by atoms with E-state index >= 15 is 0 Å². The third-order valence-corrected chi connectivity index (χ3v) is 3.65. The van der Waals surface area contributed by atoms with Gasteiger partial charge in [0.15, 0.2) is 0 Å². The van der Waals surface area contributed by atoms with E-state index in [2.05, 4.69) is 23.2 Å². The van der Waals surface area contributed by atoms with Crippen molar-refractivity contribution in [1.82, 2.24) is 4.98 Å². The fraction of sp³-hybridized carbons (Fsp3) is 0.400. The van der Waals surface area contributed by atoms with Gasteiger partial charge in [0.1, 0.15) is 0 Å². The molecule has 0 bridgehead atoms. The molecular formula is C15H17NO2. The summed E-state index contributed by atoms with van der Waals surface area (Å²) in [6.07, 6.45) is 3.83. The summed E-state index contributed by atoms with van der Waals surface area (Å²) in [4.78, 5) is 4.46. The number of aromatic nitrogens is 1. The number of benzene rings is 1. The van der Waals surface area contributed by atoms with Gasteiger partial charge in [-0.25, -0.2) is 0 Å². The maximum Gasteiger partial charge on any atom is 0.0895 e. The maximum atomic E-state index is 9.49. The van der Waals surface area contributed by atoms with Crippen LogP contribution in [0.25, 0.3) is 10.9 Å². The predicted octanol–water partition coefficient (Wildman–Crippen LogP) is 2.69. The Hall–Kier alpha value is -1.45. The summed E-state index contributed by atoms with van der Waals surface area (Å²) in [6, 6.07) is 10.2. The second kappa shape index (κ2) is 5.04. The molecule has 0 radical (unpaired) electrons. The standard InChI is InChI=1S/C15H17NO2/c17-10-12-6-3-9-18-15(12)13-7-1-4-11-5-2-8-16-14(11)13/h1-2,4-5,7-8,12,15,17H,3,6,9-10H2. The lowest BCUT2D eigenvalue weighted by Crippen LogP contribution is -2.25. The number of hydrogen-bond donors (Lipinski definition) is 1. The minimum atomic E-state index is -0.0256. The van der Waals surface area contributed by atoms with Gasteiger partial charge in [0.05, 0.1) is 11.6 Å². The van der Waals surface area contributed by atoms with Crippen LogP contribution in [0.1, 0.15) is 24.5 Å². The van der Waals surface area contributed by atoms with Crippen molar-refractivity contribution in [3.8, 4) is 0 Å². The Morgan fingerprint density at radius 3 is 3.06 bits per heavy atom. The second-order valence-corrected chi connectivity index (χ2v) is 4.80. The molecule has 18 heavy (non-hydrogen) atoms. The van der Waals surface area contributed by atoms with Crippen molar-refractivity contribution in [2.24, 2.45) is 5.92 Å². The largest absolute Gasteiger partial charge is 0.396 e. The molecule has 1 aliphatic rings. The van der Waals surface area contributed by atoms with Crippen molar-refractivity contribution in [3.63, 3.8) is 0 Å². The van der Waals surface area contributed by atoms with E-state index in [1.54, 1.807) is 0 Å². The summed E-state index contributed by atoms with van der Waals surface area (Å²) in [6.45, 7) is 0.943. The number of aliphatic hydroxyl groups is 1. The first-order valence-corrected chi connectivity index (χ1v) is 6.46. The zero-order valence-corrected chi connectivity index (χ0v) is 10.2. The Bertz CT molecular complexity index is 536. The van der Waals surface area contributed by atoms with Crippen molar-refractivity contribution in [2.75, 3.05) is 13.2 Å². The Kier molecular flexibility index (Phi) is 3.26. The lowest BCUT2D eigenvalue weighted by molar-refractivity contribution is -0.0450. The molecule has 2 atom stereocenters. The van der Waals surface area contributed by atoms with Crippen LogP contribution in [0, 0.1) is 5.92 Å². The molecule has 2 unspecified atom stereocenters. The van der Waals surface area contributed by atoms with Crippen molar-refractivity contribution in [2.45, 2.75) is 18.9 Å². The van der Waals surface area contributed by atoms with Crippen molar-refractivity contribution < 1.29 is 9.84 Å². The first-order chi connectivity index (χ1) is 8.90. The van der Waals surface area contributed by atoms with Crippen LogP contribution in [0.15, 0.2) is 36.5 Å². The Labute approximate surface area is 106 Å². The maximum absolute atomic E-state index is 9.49. The SMILES string of the molecule is OCC1CCCOC1c1cccc2cccnc12. The molecule has 94 valence electrons. The number of para-hydroxylation sites is 1. The summed E-state index contributed by atoms with van der Waals surface area (Å²) < 4.78 is 5.88. The van der Waals surface area contributed by atoms with Gasteiger partial charge in [-0.1, -0.05) is 24.3 Å². The number of ether oxygens (including phenoxy) is 1. The molecule has 0 amide bonds. The molecule has 0 aliphatic carbocycles. The van der Waals surface area contributed by atoms with E-state index in [1.807, 2.05) is 18.3 Å².